The van der Waals surface area contributed by atoms with Gasteiger partial charge in [-0.1, -0.05) is 18.2 Å². The molecule has 1 atom stereocenters. The first-order valence-corrected chi connectivity index (χ1v) is 22.9. The fourth-order valence-corrected chi connectivity index (χ4v) is 7.39. The van der Waals surface area contributed by atoms with Crippen LogP contribution < -0.4 is 20.9 Å². The van der Waals surface area contributed by atoms with Crippen LogP contribution in [0.15, 0.2) is 72.9 Å². The molecule has 0 bridgehead atoms. The molecular formula is C51H67N7O8. The molecule has 0 aliphatic heterocycles. The Kier molecular flexibility index (Phi) is 19.8. The van der Waals surface area contributed by atoms with E-state index in [1.807, 2.05) is 58.2 Å². The highest BCUT2D eigenvalue weighted by Gasteiger charge is 2.24. The predicted octanol–water partition coefficient (Wildman–Crippen LogP) is 6.83. The van der Waals surface area contributed by atoms with Crippen molar-refractivity contribution in [3.63, 3.8) is 0 Å². The summed E-state index contributed by atoms with van der Waals surface area (Å²) in [5.74, 6) is -0.802. The van der Waals surface area contributed by atoms with E-state index in [0.717, 1.165) is 43.6 Å². The second-order valence-corrected chi connectivity index (χ2v) is 17.1. The molecule has 5 rings (SSSR count). The van der Waals surface area contributed by atoms with Crippen molar-refractivity contribution in [3.05, 3.63) is 113 Å². The van der Waals surface area contributed by atoms with Gasteiger partial charge >= 0.3 is 6.09 Å². The third-order valence-electron chi connectivity index (χ3n) is 11.0. The molecule has 4 aromatic rings. The van der Waals surface area contributed by atoms with Crippen LogP contribution in [0.2, 0.25) is 0 Å². The first-order chi connectivity index (χ1) is 31.8. The summed E-state index contributed by atoms with van der Waals surface area (Å²) in [7, 11) is 3.71. The van der Waals surface area contributed by atoms with Crippen molar-refractivity contribution in [1.82, 2.24) is 25.4 Å². The van der Waals surface area contributed by atoms with Gasteiger partial charge in [0.1, 0.15) is 5.60 Å². The van der Waals surface area contributed by atoms with E-state index in [4.69, 9.17) is 18.9 Å². The Balaban J connectivity index is 1.10. The van der Waals surface area contributed by atoms with Crippen LogP contribution >= 0.6 is 0 Å². The average molecular weight is 906 g/mol. The molecule has 4 amide bonds. The van der Waals surface area contributed by atoms with Crippen molar-refractivity contribution >= 4 is 35.2 Å². The van der Waals surface area contributed by atoms with Crippen LogP contribution in [-0.4, -0.2) is 137 Å². The fraction of sp³-hybridized carbons (Fsp3) is 0.471. The number of nitrogens with zero attached hydrogens (tertiary/aromatic N) is 4. The standard InChI is InChI=1S/C51H67N7O8/c1-8-58(9-2)41-20-21-45(43(36-41)46-35-39(22-23-52-46)48(60)54-44-19-13-15-37-14-10-11-18-42(37)44)55-47(59)38-16-12-17-40(34-38)49(61)57(7)26-25-56(6)27-29-64-31-33-65-32-30-63-28-24-53-50(62)66-51(3,4)5/h10,12,14,16-17,20-23,34-36,44H,8-9,13,15,19,24-33H2,1-7H3,(H,53,62)(H,54,60)(H,55,59)/t44-/m0/s1. The summed E-state index contributed by atoms with van der Waals surface area (Å²) in [6.45, 7) is 15.8. The maximum absolute atomic E-state index is 13.9. The number of ether oxygens (including phenoxy) is 4. The average Bonchev–Trinajstić information content (AvgIpc) is 3.31. The number of aryl methyl sites for hydroxylation is 1. The number of aromatic nitrogens is 1. The number of rotatable bonds is 24. The lowest BCUT2D eigenvalue weighted by Crippen LogP contribution is -2.36. The van der Waals surface area contributed by atoms with Gasteiger partial charge in [-0.15, -0.1) is 0 Å². The zero-order chi connectivity index (χ0) is 47.5. The van der Waals surface area contributed by atoms with Crippen molar-refractivity contribution in [1.29, 1.82) is 0 Å². The van der Waals surface area contributed by atoms with Gasteiger partial charge in [0, 0.05) is 86.0 Å². The third kappa shape index (κ3) is 15.8. The van der Waals surface area contributed by atoms with Crippen LogP contribution in [0.1, 0.15) is 95.7 Å². The number of anilines is 2. The van der Waals surface area contributed by atoms with Gasteiger partial charge in [-0.3, -0.25) is 19.4 Å². The Morgan fingerprint density at radius 2 is 1.52 bits per heavy atom. The summed E-state index contributed by atoms with van der Waals surface area (Å²) < 4.78 is 21.9. The minimum Gasteiger partial charge on any atom is -0.444 e. The van der Waals surface area contributed by atoms with E-state index < -0.39 is 11.7 Å². The number of hydrogen-bond acceptors (Lipinski definition) is 11. The van der Waals surface area contributed by atoms with Gasteiger partial charge in [0.15, 0.2) is 0 Å². The van der Waals surface area contributed by atoms with E-state index in [1.165, 1.54) is 5.56 Å². The molecule has 0 spiro atoms. The molecule has 0 radical (unpaired) electrons. The summed E-state index contributed by atoms with van der Waals surface area (Å²) in [6.07, 6.45) is 3.89. The van der Waals surface area contributed by atoms with Crippen LogP contribution in [0.25, 0.3) is 11.3 Å². The smallest absolute Gasteiger partial charge is 0.407 e. The van der Waals surface area contributed by atoms with Gasteiger partial charge in [0.05, 0.1) is 57.1 Å². The Bertz CT molecular complexity index is 2210. The Morgan fingerprint density at radius 3 is 2.26 bits per heavy atom. The van der Waals surface area contributed by atoms with Crippen molar-refractivity contribution in [2.75, 3.05) is 103 Å². The van der Waals surface area contributed by atoms with Crippen molar-refractivity contribution < 1.29 is 38.1 Å². The molecule has 1 heterocycles. The zero-order valence-electron chi connectivity index (χ0n) is 39.7. The molecule has 66 heavy (non-hydrogen) atoms. The highest BCUT2D eigenvalue weighted by atomic mass is 16.6. The molecule has 354 valence electrons. The number of benzene rings is 2. The Hall–Kier alpha value is -6.05. The van der Waals surface area contributed by atoms with Crippen molar-refractivity contribution in [2.45, 2.75) is 65.5 Å². The first-order valence-electron chi connectivity index (χ1n) is 22.9. The highest BCUT2D eigenvalue weighted by molar-refractivity contribution is 6.08. The number of carbonyl (C=O) groups is 4. The van der Waals surface area contributed by atoms with Gasteiger partial charge in [-0.05, 0) is 127 Å². The molecule has 1 aliphatic rings. The predicted molar refractivity (Wildman–Crippen MR) is 256 cm³/mol. The van der Waals surface area contributed by atoms with Gasteiger partial charge in [0.25, 0.3) is 17.7 Å². The van der Waals surface area contributed by atoms with Crippen LogP contribution in [0.5, 0.6) is 0 Å². The minimum atomic E-state index is -0.540. The molecule has 3 N–H and O–H groups in total. The molecular weight excluding hydrogens is 839 g/mol. The number of alkyl carbamates (subject to hydrolysis) is 1. The molecule has 0 fully saturated rings. The first kappa shape index (κ1) is 50.9. The van der Waals surface area contributed by atoms with Gasteiger partial charge in [-0.2, -0.15) is 0 Å². The highest BCUT2D eigenvalue weighted by Crippen LogP contribution is 2.33. The molecule has 15 nitrogen and oxygen atoms in total. The lowest BCUT2D eigenvalue weighted by Gasteiger charge is -2.25. The molecule has 0 saturated carbocycles. The van der Waals surface area contributed by atoms with Crippen LogP contribution in [0, 0.1) is 12.1 Å². The number of carbonyl (C=O) groups excluding carboxylic acids is 4. The largest absolute Gasteiger partial charge is 0.444 e. The fourth-order valence-electron chi connectivity index (χ4n) is 7.39. The molecule has 1 aromatic heterocycles. The summed E-state index contributed by atoms with van der Waals surface area (Å²) in [6, 6.07) is 25.9. The lowest BCUT2D eigenvalue weighted by molar-refractivity contribution is 0.0110. The van der Waals surface area contributed by atoms with E-state index >= 15 is 0 Å². The number of likely N-dealkylation sites (N-methyl/N-ethyl adjacent to an activating group) is 2. The number of nitrogens with one attached hydrogen (secondary N) is 3. The normalized spacial score (nSPS) is 13.3. The maximum atomic E-state index is 13.9. The molecule has 0 saturated heterocycles. The van der Waals surface area contributed by atoms with Crippen LogP contribution in [-0.2, 0) is 25.4 Å². The van der Waals surface area contributed by atoms with Crippen LogP contribution in [0.4, 0.5) is 16.2 Å². The summed E-state index contributed by atoms with van der Waals surface area (Å²) in [5, 5.41) is 8.91. The summed E-state index contributed by atoms with van der Waals surface area (Å²) >= 11 is 0. The molecule has 15 heteroatoms. The minimum absolute atomic E-state index is 0.156. The second-order valence-electron chi connectivity index (χ2n) is 17.1. The van der Waals surface area contributed by atoms with Crippen molar-refractivity contribution in [3.8, 4) is 11.3 Å². The van der Waals surface area contributed by atoms with E-state index in [1.54, 1.807) is 54.5 Å². The van der Waals surface area contributed by atoms with Crippen molar-refractivity contribution in [2.24, 2.45) is 0 Å². The SMILES string of the molecule is CCN(CC)c1ccc(NC(=O)c2cccc(C(=O)N(C)CCN(C)CCOCCOCCOCCNC(=O)OC(C)(C)C)c2)c(-c2cc(C(=O)N[C@H]3CCCc4ccc#cc43)ccn2)c1. The quantitative estimate of drug-likeness (QED) is 0.0632. The van der Waals surface area contributed by atoms with Gasteiger partial charge in [-0.25, -0.2) is 4.79 Å². The number of pyridine rings is 1. The molecule has 0 unspecified atom stereocenters. The summed E-state index contributed by atoms with van der Waals surface area (Å²) in [4.78, 5) is 63.4. The lowest BCUT2D eigenvalue weighted by atomic mass is 9.88. The monoisotopic (exact) mass is 906 g/mol. The number of hydrogen-bond donors (Lipinski definition) is 3. The van der Waals surface area contributed by atoms with E-state index in [9.17, 15) is 19.2 Å². The zero-order valence-corrected chi connectivity index (χ0v) is 39.7. The third-order valence-corrected chi connectivity index (χ3v) is 11.0. The number of amides is 4. The Labute approximate surface area is 390 Å². The maximum Gasteiger partial charge on any atom is 0.407 e. The second kappa shape index (κ2) is 25.6. The molecule has 1 aliphatic carbocycles. The van der Waals surface area contributed by atoms with E-state index in [2.05, 4.69) is 56.7 Å². The topological polar surface area (TPSA) is 164 Å². The molecule has 3 aromatic carbocycles. The Morgan fingerprint density at radius 1 is 0.803 bits per heavy atom. The van der Waals surface area contributed by atoms with E-state index in [0.29, 0.717) is 99.5 Å². The van der Waals surface area contributed by atoms with Crippen LogP contribution in [0.3, 0.4) is 0 Å². The van der Waals surface area contributed by atoms with Gasteiger partial charge in [0.2, 0.25) is 0 Å². The van der Waals surface area contributed by atoms with E-state index in [-0.39, 0.29) is 23.8 Å². The summed E-state index contributed by atoms with van der Waals surface area (Å²) in [5.41, 5.74) is 5.48. The van der Waals surface area contributed by atoms with Gasteiger partial charge < -0.3 is 49.6 Å². The number of fused-ring (bicyclic) bond motifs is 1.